The number of carbonyl (C=O) groups is 3. The third kappa shape index (κ3) is 7.93. The summed E-state index contributed by atoms with van der Waals surface area (Å²) >= 11 is 0. The van der Waals surface area contributed by atoms with Gasteiger partial charge >= 0.3 is 12.1 Å². The maximum absolute atomic E-state index is 14.0. The molecule has 2 aliphatic heterocycles. The summed E-state index contributed by atoms with van der Waals surface area (Å²) in [6.45, 7) is 2.54. The first-order valence-electron chi connectivity index (χ1n) is 13.0. The van der Waals surface area contributed by atoms with Crippen molar-refractivity contribution >= 4 is 17.8 Å². The summed E-state index contributed by atoms with van der Waals surface area (Å²) < 4.78 is 65.8. The molecule has 1 unspecified atom stereocenters. The van der Waals surface area contributed by atoms with Gasteiger partial charge in [0.1, 0.15) is 11.9 Å². The standard InChI is InChI=1S/C26H31F2N3O3.C2HF3O2/c1-16-22(17-7-4-3-5-8-17)20-13-18(14-21(23(20)34-16)25(33)29-2)24(32)31-11-6-9-19-10-12-30-15-26(19,27)28;3-2(4,5)1(6)7/h3-5,7-8,13-14,16,19,22,30H,6,9-12,15H2,1-2H3,(H,29,33)(H,31,32);(H,6,7)/t16-,19?,22+;/m1./s1. The fourth-order valence-corrected chi connectivity index (χ4v) is 4.96. The second kappa shape index (κ2) is 13.3. The Morgan fingerprint density at radius 1 is 1.12 bits per heavy atom. The van der Waals surface area contributed by atoms with Crippen LogP contribution in [0.15, 0.2) is 42.5 Å². The van der Waals surface area contributed by atoms with E-state index in [0.29, 0.717) is 49.2 Å². The van der Waals surface area contributed by atoms with Crippen LogP contribution >= 0.6 is 0 Å². The van der Waals surface area contributed by atoms with Crippen LogP contribution in [0.5, 0.6) is 5.75 Å². The van der Waals surface area contributed by atoms with Crippen LogP contribution in [-0.2, 0) is 4.79 Å². The molecule has 2 aliphatic rings. The van der Waals surface area contributed by atoms with Gasteiger partial charge in [-0.1, -0.05) is 30.3 Å². The summed E-state index contributed by atoms with van der Waals surface area (Å²) in [7, 11) is 1.53. The van der Waals surface area contributed by atoms with E-state index in [2.05, 4.69) is 16.0 Å². The van der Waals surface area contributed by atoms with E-state index in [0.717, 1.165) is 11.1 Å². The molecule has 8 nitrogen and oxygen atoms in total. The minimum atomic E-state index is -5.08. The Kier molecular flexibility index (Phi) is 10.3. The Bertz CT molecular complexity index is 1240. The average molecular weight is 586 g/mol. The zero-order chi connectivity index (χ0) is 30.4. The lowest BCUT2D eigenvalue weighted by Gasteiger charge is -2.31. The quantitative estimate of drug-likeness (QED) is 0.284. The van der Waals surface area contributed by atoms with E-state index in [9.17, 15) is 31.5 Å². The Hall–Kier alpha value is -3.74. The maximum atomic E-state index is 14.0. The van der Waals surface area contributed by atoms with E-state index < -0.39 is 24.0 Å². The van der Waals surface area contributed by atoms with Crippen molar-refractivity contribution in [3.63, 3.8) is 0 Å². The molecule has 2 amide bonds. The molecule has 13 heteroatoms. The molecule has 1 saturated heterocycles. The summed E-state index contributed by atoms with van der Waals surface area (Å²) in [5.74, 6) is -6.44. The van der Waals surface area contributed by atoms with Gasteiger partial charge in [0.25, 0.3) is 17.7 Å². The van der Waals surface area contributed by atoms with Crippen LogP contribution in [0.1, 0.15) is 63.9 Å². The Labute approximate surface area is 233 Å². The van der Waals surface area contributed by atoms with Gasteiger partial charge < -0.3 is 25.8 Å². The lowest BCUT2D eigenvalue weighted by atomic mass is 9.87. The predicted octanol–water partition coefficient (Wildman–Crippen LogP) is 4.35. The minimum Gasteiger partial charge on any atom is -0.489 e. The highest BCUT2D eigenvalue weighted by atomic mass is 19.4. The number of fused-ring (bicyclic) bond motifs is 1. The van der Waals surface area contributed by atoms with Crippen molar-refractivity contribution in [2.75, 3.05) is 26.7 Å². The Morgan fingerprint density at radius 2 is 1.78 bits per heavy atom. The average Bonchev–Trinajstić information content (AvgIpc) is 3.26. The maximum Gasteiger partial charge on any atom is 0.490 e. The summed E-state index contributed by atoms with van der Waals surface area (Å²) in [4.78, 5) is 34.5. The van der Waals surface area contributed by atoms with E-state index in [-0.39, 0.29) is 30.4 Å². The highest BCUT2D eigenvalue weighted by molar-refractivity contribution is 6.02. The molecule has 224 valence electrons. The topological polar surface area (TPSA) is 117 Å². The van der Waals surface area contributed by atoms with Gasteiger partial charge in [0, 0.05) is 36.6 Å². The number of alkyl halides is 5. The van der Waals surface area contributed by atoms with Gasteiger partial charge in [-0.25, -0.2) is 13.6 Å². The lowest BCUT2D eigenvalue weighted by Crippen LogP contribution is -2.46. The van der Waals surface area contributed by atoms with Crippen LogP contribution in [0.3, 0.4) is 0 Å². The zero-order valence-electron chi connectivity index (χ0n) is 22.5. The Morgan fingerprint density at radius 3 is 2.37 bits per heavy atom. The largest absolute Gasteiger partial charge is 0.490 e. The van der Waals surface area contributed by atoms with Crippen LogP contribution in [0, 0.1) is 5.92 Å². The van der Waals surface area contributed by atoms with Gasteiger partial charge in [-0.3, -0.25) is 9.59 Å². The number of carbonyl (C=O) groups excluding carboxylic acids is 2. The van der Waals surface area contributed by atoms with Crippen LogP contribution in [0.4, 0.5) is 22.0 Å². The molecule has 2 aromatic carbocycles. The van der Waals surface area contributed by atoms with Crippen LogP contribution in [-0.4, -0.2) is 67.8 Å². The lowest BCUT2D eigenvalue weighted by molar-refractivity contribution is -0.192. The van der Waals surface area contributed by atoms with Crippen molar-refractivity contribution in [1.29, 1.82) is 0 Å². The second-order valence-electron chi connectivity index (χ2n) is 9.86. The number of halogens is 5. The van der Waals surface area contributed by atoms with E-state index in [1.54, 1.807) is 6.07 Å². The van der Waals surface area contributed by atoms with Crippen molar-refractivity contribution in [3.8, 4) is 5.75 Å². The molecule has 0 bridgehead atoms. The highest BCUT2D eigenvalue weighted by Crippen LogP contribution is 2.45. The molecule has 2 aromatic rings. The molecule has 4 rings (SSSR count). The fraction of sp³-hybridized carbons (Fsp3) is 0.464. The number of carboxylic acids is 1. The van der Waals surface area contributed by atoms with E-state index in [1.807, 2.05) is 37.3 Å². The molecule has 3 atom stereocenters. The summed E-state index contributed by atoms with van der Waals surface area (Å²) in [5, 5.41) is 15.3. The normalized spacial score (nSPS) is 21.0. The van der Waals surface area contributed by atoms with Crippen LogP contribution in [0.2, 0.25) is 0 Å². The van der Waals surface area contributed by atoms with Gasteiger partial charge in [0.15, 0.2) is 0 Å². The number of benzene rings is 2. The third-order valence-corrected chi connectivity index (χ3v) is 7.00. The van der Waals surface area contributed by atoms with Gasteiger partial charge in [-0.2, -0.15) is 13.2 Å². The van der Waals surface area contributed by atoms with Crippen molar-refractivity contribution in [2.24, 2.45) is 5.92 Å². The van der Waals surface area contributed by atoms with E-state index in [4.69, 9.17) is 14.6 Å². The SMILES string of the molecule is CNC(=O)c1cc(C(=O)NCCCC2CCNCC2(F)F)cc2c1O[C@H](C)[C@H]2c1ccccc1.O=C(O)C(F)(F)F. The molecule has 1 fully saturated rings. The van der Waals surface area contributed by atoms with Gasteiger partial charge in [-0.15, -0.1) is 0 Å². The number of amides is 2. The first-order chi connectivity index (χ1) is 19.3. The van der Waals surface area contributed by atoms with Gasteiger partial charge in [0.05, 0.1) is 12.1 Å². The number of rotatable bonds is 7. The molecule has 0 radical (unpaired) electrons. The third-order valence-electron chi connectivity index (χ3n) is 7.00. The second-order valence-corrected chi connectivity index (χ2v) is 9.86. The number of aliphatic carboxylic acids is 1. The van der Waals surface area contributed by atoms with Gasteiger partial charge in [-0.05, 0) is 50.4 Å². The molecule has 0 spiro atoms. The molecular formula is C28H32F5N3O5. The van der Waals surface area contributed by atoms with E-state index >= 15 is 0 Å². The number of nitrogens with one attached hydrogen (secondary N) is 3. The first-order valence-corrected chi connectivity index (χ1v) is 13.0. The number of hydrogen-bond acceptors (Lipinski definition) is 5. The van der Waals surface area contributed by atoms with Crippen molar-refractivity contribution in [3.05, 3.63) is 64.7 Å². The van der Waals surface area contributed by atoms with Crippen LogP contribution in [0.25, 0.3) is 0 Å². The number of carboxylic acid groups (broad SMARTS) is 1. The summed E-state index contributed by atoms with van der Waals surface area (Å²) in [6.07, 6.45) is -4.04. The fourth-order valence-electron chi connectivity index (χ4n) is 4.96. The molecule has 41 heavy (non-hydrogen) atoms. The summed E-state index contributed by atoms with van der Waals surface area (Å²) in [5.41, 5.74) is 2.49. The van der Waals surface area contributed by atoms with Crippen LogP contribution < -0.4 is 20.7 Å². The smallest absolute Gasteiger partial charge is 0.489 e. The van der Waals surface area contributed by atoms with Crippen molar-refractivity contribution < 1.29 is 46.2 Å². The summed E-state index contributed by atoms with van der Waals surface area (Å²) in [6, 6.07) is 13.1. The van der Waals surface area contributed by atoms with E-state index in [1.165, 1.54) is 13.1 Å². The number of hydrogen-bond donors (Lipinski definition) is 4. The monoisotopic (exact) mass is 585 g/mol. The highest BCUT2D eigenvalue weighted by Gasteiger charge is 2.41. The first kappa shape index (κ1) is 31.8. The zero-order valence-corrected chi connectivity index (χ0v) is 22.5. The number of ether oxygens (including phenoxy) is 1. The molecule has 2 heterocycles. The Balaban J connectivity index is 0.000000587. The van der Waals surface area contributed by atoms with Crippen molar-refractivity contribution in [1.82, 2.24) is 16.0 Å². The number of piperidine rings is 1. The minimum absolute atomic E-state index is 0.116. The molecular weight excluding hydrogens is 553 g/mol. The van der Waals surface area contributed by atoms with Crippen molar-refractivity contribution in [2.45, 2.75) is 50.3 Å². The predicted molar refractivity (Wildman–Crippen MR) is 139 cm³/mol. The molecule has 4 N–H and O–H groups in total. The van der Waals surface area contributed by atoms with Gasteiger partial charge in [0.2, 0.25) is 0 Å². The molecule has 0 saturated carbocycles. The molecule has 0 aliphatic carbocycles. The molecule has 0 aromatic heterocycles.